The Morgan fingerprint density at radius 2 is 1.57 bits per heavy atom. The standard InChI is InChI=1S/C21H27NO5S/c1-14(13-27-17-8-6-16(24-3)7-9-17)22-21(23)15(2)28-18-10-11-19(25-4)20(12-18)26-5/h6-12,14-15H,13H2,1-5H3,(H,22,23). The van der Waals surface area contributed by atoms with Gasteiger partial charge in [-0.05, 0) is 56.3 Å². The van der Waals surface area contributed by atoms with Crippen LogP contribution in [0.15, 0.2) is 47.4 Å². The van der Waals surface area contributed by atoms with Gasteiger partial charge in [0.05, 0.1) is 32.6 Å². The third-order valence-electron chi connectivity index (χ3n) is 3.99. The van der Waals surface area contributed by atoms with Crippen molar-refractivity contribution >= 4 is 17.7 Å². The average molecular weight is 406 g/mol. The number of thioether (sulfide) groups is 1. The number of methoxy groups -OCH3 is 3. The molecule has 2 rings (SSSR count). The zero-order chi connectivity index (χ0) is 20.5. The maximum absolute atomic E-state index is 12.5. The van der Waals surface area contributed by atoms with E-state index in [9.17, 15) is 4.79 Å². The molecule has 6 nitrogen and oxygen atoms in total. The fourth-order valence-corrected chi connectivity index (χ4v) is 3.35. The van der Waals surface area contributed by atoms with Gasteiger partial charge >= 0.3 is 0 Å². The summed E-state index contributed by atoms with van der Waals surface area (Å²) in [5.74, 6) is 2.75. The molecule has 0 aliphatic heterocycles. The highest BCUT2D eigenvalue weighted by atomic mass is 32.2. The van der Waals surface area contributed by atoms with Crippen molar-refractivity contribution in [3.8, 4) is 23.0 Å². The van der Waals surface area contributed by atoms with E-state index in [4.69, 9.17) is 18.9 Å². The van der Waals surface area contributed by atoms with E-state index >= 15 is 0 Å². The summed E-state index contributed by atoms with van der Waals surface area (Å²) in [6.45, 7) is 4.16. The molecule has 0 saturated carbocycles. The van der Waals surface area contributed by atoms with Crippen molar-refractivity contribution in [1.82, 2.24) is 5.32 Å². The highest BCUT2D eigenvalue weighted by molar-refractivity contribution is 8.00. The molecule has 0 aliphatic rings. The third kappa shape index (κ3) is 6.27. The molecule has 0 heterocycles. The Balaban J connectivity index is 1.83. The van der Waals surface area contributed by atoms with E-state index in [0.29, 0.717) is 18.1 Å². The minimum absolute atomic E-state index is 0.0504. The molecule has 2 aromatic rings. The van der Waals surface area contributed by atoms with Gasteiger partial charge in [0.15, 0.2) is 11.5 Å². The van der Waals surface area contributed by atoms with Crippen molar-refractivity contribution in [1.29, 1.82) is 0 Å². The fourth-order valence-electron chi connectivity index (χ4n) is 2.44. The number of hydrogen-bond acceptors (Lipinski definition) is 6. The second-order valence-corrected chi connectivity index (χ2v) is 7.59. The Kier molecular flexibility index (Phi) is 8.32. The van der Waals surface area contributed by atoms with E-state index in [0.717, 1.165) is 16.4 Å². The van der Waals surface area contributed by atoms with Crippen LogP contribution in [0, 0.1) is 0 Å². The number of amides is 1. The molecular weight excluding hydrogens is 378 g/mol. The van der Waals surface area contributed by atoms with Gasteiger partial charge in [-0.25, -0.2) is 0 Å². The SMILES string of the molecule is COc1ccc(OCC(C)NC(=O)C(C)Sc2ccc(OC)c(OC)c2)cc1. The lowest BCUT2D eigenvalue weighted by Crippen LogP contribution is -2.40. The van der Waals surface area contributed by atoms with Crippen molar-refractivity contribution in [2.24, 2.45) is 0 Å². The van der Waals surface area contributed by atoms with Gasteiger partial charge in [-0.3, -0.25) is 4.79 Å². The molecule has 0 saturated heterocycles. The minimum atomic E-state index is -0.262. The minimum Gasteiger partial charge on any atom is -0.497 e. The molecule has 28 heavy (non-hydrogen) atoms. The molecule has 0 spiro atoms. The van der Waals surface area contributed by atoms with Crippen LogP contribution in [0.2, 0.25) is 0 Å². The molecule has 152 valence electrons. The lowest BCUT2D eigenvalue weighted by Gasteiger charge is -2.18. The van der Waals surface area contributed by atoms with E-state index in [1.807, 2.05) is 56.3 Å². The molecule has 2 atom stereocenters. The van der Waals surface area contributed by atoms with Crippen molar-refractivity contribution in [2.75, 3.05) is 27.9 Å². The molecule has 2 aromatic carbocycles. The van der Waals surface area contributed by atoms with Crippen molar-refractivity contribution in [2.45, 2.75) is 30.0 Å². The van der Waals surface area contributed by atoms with Gasteiger partial charge in [0.2, 0.25) is 5.91 Å². The highest BCUT2D eigenvalue weighted by Gasteiger charge is 2.18. The number of rotatable bonds is 10. The fraction of sp³-hybridized carbons (Fsp3) is 0.381. The van der Waals surface area contributed by atoms with Crippen LogP contribution in [0.4, 0.5) is 0 Å². The summed E-state index contributed by atoms with van der Waals surface area (Å²) in [7, 11) is 4.80. The van der Waals surface area contributed by atoms with Crippen LogP contribution in [-0.2, 0) is 4.79 Å². The van der Waals surface area contributed by atoms with Crippen LogP contribution in [0.5, 0.6) is 23.0 Å². The zero-order valence-electron chi connectivity index (χ0n) is 16.9. The van der Waals surface area contributed by atoms with Crippen LogP contribution in [0.1, 0.15) is 13.8 Å². The van der Waals surface area contributed by atoms with Gasteiger partial charge in [-0.15, -0.1) is 11.8 Å². The Labute approximate surface area is 170 Å². The normalized spacial score (nSPS) is 12.6. The summed E-state index contributed by atoms with van der Waals surface area (Å²) in [5, 5.41) is 2.72. The van der Waals surface area contributed by atoms with Gasteiger partial charge < -0.3 is 24.3 Å². The summed E-state index contributed by atoms with van der Waals surface area (Å²) < 4.78 is 21.4. The first-order valence-electron chi connectivity index (χ1n) is 8.92. The van der Waals surface area contributed by atoms with E-state index < -0.39 is 0 Å². The van der Waals surface area contributed by atoms with Crippen LogP contribution in [0.3, 0.4) is 0 Å². The van der Waals surface area contributed by atoms with E-state index in [-0.39, 0.29) is 17.2 Å². The molecule has 0 aliphatic carbocycles. The molecular formula is C21H27NO5S. The molecule has 1 N–H and O–H groups in total. The summed E-state index contributed by atoms with van der Waals surface area (Å²) >= 11 is 1.46. The Hall–Kier alpha value is -2.54. The Morgan fingerprint density at radius 3 is 2.18 bits per heavy atom. The Bertz CT molecular complexity index is 766. The summed E-state index contributed by atoms with van der Waals surface area (Å²) in [4.78, 5) is 13.4. The zero-order valence-corrected chi connectivity index (χ0v) is 17.7. The number of ether oxygens (including phenoxy) is 4. The molecule has 0 bridgehead atoms. The first kappa shape index (κ1) is 21.8. The monoisotopic (exact) mass is 405 g/mol. The van der Waals surface area contributed by atoms with Gasteiger partial charge in [0, 0.05) is 4.90 Å². The van der Waals surface area contributed by atoms with Gasteiger partial charge in [0.1, 0.15) is 18.1 Å². The Morgan fingerprint density at radius 1 is 0.929 bits per heavy atom. The average Bonchev–Trinajstić information content (AvgIpc) is 2.72. The largest absolute Gasteiger partial charge is 0.497 e. The van der Waals surface area contributed by atoms with Crippen LogP contribution in [-0.4, -0.2) is 45.1 Å². The number of carbonyl (C=O) groups is 1. The molecule has 2 unspecified atom stereocenters. The smallest absolute Gasteiger partial charge is 0.233 e. The van der Waals surface area contributed by atoms with Crippen molar-refractivity contribution in [3.05, 3.63) is 42.5 Å². The first-order valence-corrected chi connectivity index (χ1v) is 9.80. The molecule has 0 aromatic heterocycles. The molecule has 1 amide bonds. The predicted molar refractivity (Wildman–Crippen MR) is 111 cm³/mol. The summed E-state index contributed by atoms with van der Waals surface area (Å²) in [6.07, 6.45) is 0. The van der Waals surface area contributed by atoms with Gasteiger partial charge in [-0.2, -0.15) is 0 Å². The predicted octanol–water partition coefficient (Wildman–Crippen LogP) is 3.78. The van der Waals surface area contributed by atoms with Crippen LogP contribution in [0.25, 0.3) is 0 Å². The number of hydrogen-bond donors (Lipinski definition) is 1. The number of benzene rings is 2. The van der Waals surface area contributed by atoms with Crippen molar-refractivity contribution in [3.63, 3.8) is 0 Å². The second-order valence-electron chi connectivity index (χ2n) is 6.17. The maximum Gasteiger partial charge on any atom is 0.233 e. The molecule has 0 radical (unpaired) electrons. The van der Waals surface area contributed by atoms with E-state index in [1.165, 1.54) is 11.8 Å². The number of carbonyl (C=O) groups excluding carboxylic acids is 1. The maximum atomic E-state index is 12.5. The molecule has 0 fully saturated rings. The topological polar surface area (TPSA) is 66.0 Å². The van der Waals surface area contributed by atoms with Gasteiger partial charge in [0.25, 0.3) is 0 Å². The molecule has 7 heteroatoms. The summed E-state index contributed by atoms with van der Waals surface area (Å²) in [5.41, 5.74) is 0. The van der Waals surface area contributed by atoms with E-state index in [2.05, 4.69) is 5.32 Å². The van der Waals surface area contributed by atoms with E-state index in [1.54, 1.807) is 21.3 Å². The second kappa shape index (κ2) is 10.7. The number of nitrogens with one attached hydrogen (secondary N) is 1. The quantitative estimate of drug-likeness (QED) is 0.607. The van der Waals surface area contributed by atoms with Gasteiger partial charge in [-0.1, -0.05) is 0 Å². The first-order chi connectivity index (χ1) is 13.5. The lowest BCUT2D eigenvalue weighted by molar-refractivity contribution is -0.121. The van der Waals surface area contributed by atoms with Crippen LogP contribution < -0.4 is 24.3 Å². The van der Waals surface area contributed by atoms with Crippen LogP contribution >= 0.6 is 11.8 Å². The third-order valence-corrected chi connectivity index (χ3v) is 5.08. The summed E-state index contributed by atoms with van der Waals surface area (Å²) in [6, 6.07) is 12.8. The highest BCUT2D eigenvalue weighted by Crippen LogP contribution is 2.33. The van der Waals surface area contributed by atoms with Crippen molar-refractivity contribution < 1.29 is 23.7 Å². The lowest BCUT2D eigenvalue weighted by atomic mass is 10.3.